The zero-order chi connectivity index (χ0) is 19.3. The Labute approximate surface area is 172 Å². The molecule has 28 heavy (non-hydrogen) atoms. The number of nitrogens with one attached hydrogen (secondary N) is 2. The van der Waals surface area contributed by atoms with Gasteiger partial charge in [-0.25, -0.2) is 0 Å². The maximum Gasteiger partial charge on any atom is 0.224 e. The van der Waals surface area contributed by atoms with Gasteiger partial charge in [0.1, 0.15) is 18.1 Å². The van der Waals surface area contributed by atoms with Crippen LogP contribution in [0.3, 0.4) is 0 Å². The summed E-state index contributed by atoms with van der Waals surface area (Å²) < 4.78 is 10.9. The number of aryl methyl sites for hydroxylation is 2. The average molecular weight is 408 g/mol. The molecule has 0 spiro atoms. The number of rotatable bonds is 7. The van der Waals surface area contributed by atoms with Gasteiger partial charge in [0.2, 0.25) is 5.91 Å². The maximum atomic E-state index is 12.3. The topological polar surface area (TPSA) is 76.4 Å². The van der Waals surface area contributed by atoms with Crippen LogP contribution in [0.2, 0.25) is 0 Å². The number of piperidine rings is 1. The first-order chi connectivity index (χ1) is 13.0. The van der Waals surface area contributed by atoms with E-state index in [4.69, 9.17) is 9.26 Å². The van der Waals surface area contributed by atoms with E-state index in [0.29, 0.717) is 13.0 Å². The van der Waals surface area contributed by atoms with Crippen molar-refractivity contribution < 1.29 is 14.1 Å². The van der Waals surface area contributed by atoms with Gasteiger partial charge in [0.05, 0.1) is 17.7 Å². The number of aromatic nitrogens is 1. The number of hydrogen-bond donors (Lipinski definition) is 2. The number of halogens is 1. The van der Waals surface area contributed by atoms with Crippen molar-refractivity contribution in [2.75, 3.05) is 19.6 Å². The lowest BCUT2D eigenvalue weighted by atomic mass is 9.81. The standard InChI is InChI=1S/C21H29N3O3.ClH/c1-15-19(16(2)27-24-15)13-26-18-6-4-17(5-7-18)12-20(25)23-14-21(3)8-10-22-11-9-21;/h4-7,22H,8-14H2,1-3H3,(H,23,25);1H. The molecular weight excluding hydrogens is 378 g/mol. The molecule has 1 fully saturated rings. The van der Waals surface area contributed by atoms with Crippen molar-refractivity contribution >= 4 is 18.3 Å². The minimum atomic E-state index is 0. The Bertz CT molecular complexity index is 748. The lowest BCUT2D eigenvalue weighted by Gasteiger charge is -2.34. The molecule has 1 amide bonds. The highest BCUT2D eigenvalue weighted by Gasteiger charge is 2.26. The first kappa shape index (κ1) is 22.2. The Morgan fingerprint density at radius 3 is 2.54 bits per heavy atom. The summed E-state index contributed by atoms with van der Waals surface area (Å²) in [5.74, 6) is 1.61. The molecule has 2 heterocycles. The quantitative estimate of drug-likeness (QED) is 0.736. The van der Waals surface area contributed by atoms with Crippen LogP contribution in [0.1, 0.15) is 42.3 Å². The normalized spacial score (nSPS) is 15.5. The number of benzene rings is 1. The summed E-state index contributed by atoms with van der Waals surface area (Å²) in [6.07, 6.45) is 2.59. The second-order valence-corrected chi connectivity index (χ2v) is 7.75. The lowest BCUT2D eigenvalue weighted by Crippen LogP contribution is -2.43. The minimum absolute atomic E-state index is 0. The molecule has 3 rings (SSSR count). The number of ether oxygens (including phenoxy) is 1. The van der Waals surface area contributed by atoms with Crippen LogP contribution in [0.5, 0.6) is 5.75 Å². The van der Waals surface area contributed by atoms with E-state index < -0.39 is 0 Å². The predicted molar refractivity (Wildman–Crippen MR) is 111 cm³/mol. The van der Waals surface area contributed by atoms with E-state index in [2.05, 4.69) is 22.7 Å². The Kier molecular flexibility index (Phi) is 7.89. The van der Waals surface area contributed by atoms with E-state index >= 15 is 0 Å². The van der Waals surface area contributed by atoms with E-state index in [9.17, 15) is 4.79 Å². The molecule has 1 aliphatic heterocycles. The number of nitrogens with zero attached hydrogens (tertiary/aromatic N) is 1. The fraction of sp³-hybridized carbons (Fsp3) is 0.524. The van der Waals surface area contributed by atoms with E-state index in [1.807, 2.05) is 38.1 Å². The van der Waals surface area contributed by atoms with Gasteiger partial charge in [0.15, 0.2) is 0 Å². The van der Waals surface area contributed by atoms with Gasteiger partial charge in [-0.15, -0.1) is 12.4 Å². The van der Waals surface area contributed by atoms with Crippen LogP contribution in [0.25, 0.3) is 0 Å². The fourth-order valence-corrected chi connectivity index (χ4v) is 3.33. The van der Waals surface area contributed by atoms with Crippen LogP contribution in [0.4, 0.5) is 0 Å². The van der Waals surface area contributed by atoms with Gasteiger partial charge in [0.25, 0.3) is 0 Å². The van der Waals surface area contributed by atoms with Crippen molar-refractivity contribution in [1.29, 1.82) is 0 Å². The van der Waals surface area contributed by atoms with Crippen LogP contribution < -0.4 is 15.4 Å². The molecule has 2 aromatic rings. The monoisotopic (exact) mass is 407 g/mol. The third kappa shape index (κ3) is 5.97. The maximum absolute atomic E-state index is 12.3. The molecule has 1 aromatic heterocycles. The summed E-state index contributed by atoms with van der Waals surface area (Å²) in [5, 5.41) is 10.4. The van der Waals surface area contributed by atoms with Crippen LogP contribution in [-0.2, 0) is 17.8 Å². The first-order valence-electron chi connectivity index (χ1n) is 9.56. The Morgan fingerprint density at radius 2 is 1.93 bits per heavy atom. The Hall–Kier alpha value is -2.05. The van der Waals surface area contributed by atoms with Crippen LogP contribution in [0.15, 0.2) is 28.8 Å². The molecule has 0 atom stereocenters. The van der Waals surface area contributed by atoms with Crippen molar-refractivity contribution in [3.8, 4) is 5.75 Å². The predicted octanol–water partition coefficient (Wildman–Crippen LogP) is 3.34. The van der Waals surface area contributed by atoms with Gasteiger partial charge in [-0.05, 0) is 62.9 Å². The molecule has 0 saturated carbocycles. The third-order valence-corrected chi connectivity index (χ3v) is 5.38. The molecule has 2 N–H and O–H groups in total. The number of carbonyl (C=O) groups excluding carboxylic acids is 1. The van der Waals surface area contributed by atoms with Crippen molar-refractivity contribution in [3.05, 3.63) is 46.8 Å². The summed E-state index contributed by atoms with van der Waals surface area (Å²) in [6.45, 7) is 9.26. The summed E-state index contributed by atoms with van der Waals surface area (Å²) in [6, 6.07) is 7.67. The molecule has 0 unspecified atom stereocenters. The molecule has 1 aromatic carbocycles. The fourth-order valence-electron chi connectivity index (χ4n) is 3.33. The largest absolute Gasteiger partial charge is 0.489 e. The summed E-state index contributed by atoms with van der Waals surface area (Å²) in [4.78, 5) is 12.3. The minimum Gasteiger partial charge on any atom is -0.489 e. The molecule has 1 saturated heterocycles. The van der Waals surface area contributed by atoms with Gasteiger partial charge in [-0.1, -0.05) is 24.2 Å². The first-order valence-corrected chi connectivity index (χ1v) is 9.56. The highest BCUT2D eigenvalue weighted by Crippen LogP contribution is 2.26. The zero-order valence-electron chi connectivity index (χ0n) is 16.8. The van der Waals surface area contributed by atoms with Crippen molar-refractivity contribution in [1.82, 2.24) is 15.8 Å². The average Bonchev–Trinajstić information content (AvgIpc) is 2.98. The molecular formula is C21H30ClN3O3. The van der Waals surface area contributed by atoms with E-state index in [-0.39, 0.29) is 23.7 Å². The molecule has 7 heteroatoms. The number of carbonyl (C=O) groups is 1. The smallest absolute Gasteiger partial charge is 0.224 e. The number of hydrogen-bond acceptors (Lipinski definition) is 5. The molecule has 0 aliphatic carbocycles. The second kappa shape index (κ2) is 9.94. The second-order valence-electron chi connectivity index (χ2n) is 7.75. The Morgan fingerprint density at radius 1 is 1.25 bits per heavy atom. The molecule has 0 bridgehead atoms. The van der Waals surface area contributed by atoms with Gasteiger partial charge in [-0.3, -0.25) is 4.79 Å². The van der Waals surface area contributed by atoms with Gasteiger partial charge < -0.3 is 19.9 Å². The highest BCUT2D eigenvalue weighted by atomic mass is 35.5. The SMILES string of the molecule is Cc1noc(C)c1COc1ccc(CC(=O)NCC2(C)CCNCC2)cc1.Cl. The molecule has 154 valence electrons. The van der Waals surface area contributed by atoms with Crippen LogP contribution >= 0.6 is 12.4 Å². The zero-order valence-corrected chi connectivity index (χ0v) is 17.7. The Balaban J connectivity index is 0.00000280. The van der Waals surface area contributed by atoms with E-state index in [1.54, 1.807) is 0 Å². The van der Waals surface area contributed by atoms with Crippen molar-refractivity contribution in [2.45, 2.75) is 46.6 Å². The summed E-state index contributed by atoms with van der Waals surface area (Å²) >= 11 is 0. The van der Waals surface area contributed by atoms with Crippen LogP contribution in [-0.4, -0.2) is 30.7 Å². The van der Waals surface area contributed by atoms with E-state index in [0.717, 1.165) is 60.8 Å². The molecule has 0 radical (unpaired) electrons. The number of amides is 1. The van der Waals surface area contributed by atoms with Crippen LogP contribution in [0, 0.1) is 19.3 Å². The summed E-state index contributed by atoms with van der Waals surface area (Å²) in [7, 11) is 0. The highest BCUT2D eigenvalue weighted by molar-refractivity contribution is 5.85. The van der Waals surface area contributed by atoms with Gasteiger partial charge >= 0.3 is 0 Å². The van der Waals surface area contributed by atoms with Crippen molar-refractivity contribution in [2.24, 2.45) is 5.41 Å². The summed E-state index contributed by atoms with van der Waals surface area (Å²) in [5.41, 5.74) is 3.01. The molecule has 1 aliphatic rings. The third-order valence-electron chi connectivity index (χ3n) is 5.38. The van der Waals surface area contributed by atoms with Crippen molar-refractivity contribution in [3.63, 3.8) is 0 Å². The van der Waals surface area contributed by atoms with E-state index in [1.165, 1.54) is 0 Å². The lowest BCUT2D eigenvalue weighted by molar-refractivity contribution is -0.121. The molecule has 6 nitrogen and oxygen atoms in total. The van der Waals surface area contributed by atoms with Gasteiger partial charge in [-0.2, -0.15) is 0 Å². The van der Waals surface area contributed by atoms with Gasteiger partial charge in [0, 0.05) is 6.54 Å².